The number of hydrogen-bond acceptors (Lipinski definition) is 5. The summed E-state index contributed by atoms with van der Waals surface area (Å²) in [5.41, 5.74) is 0.653. The van der Waals surface area contributed by atoms with Crippen molar-refractivity contribution in [1.82, 2.24) is 4.90 Å². The standard InChI is InChI=1S/C17H24Cl2N2O5/c1-11(20-12-6-7-13(18)14(19)9-12)17(24)21(8-4-5-15(22)23)10-16(25-2)26-3/h6-7,9,11,16,20H,4-5,8,10H2,1-3H3,(H,22,23). The minimum absolute atomic E-state index is 0.0248. The molecule has 146 valence electrons. The quantitative estimate of drug-likeness (QED) is 0.548. The van der Waals surface area contributed by atoms with E-state index in [9.17, 15) is 9.59 Å². The van der Waals surface area contributed by atoms with Gasteiger partial charge in [0.2, 0.25) is 5.91 Å². The number of methoxy groups -OCH3 is 2. The van der Waals surface area contributed by atoms with Crippen molar-refractivity contribution in [3.63, 3.8) is 0 Å². The summed E-state index contributed by atoms with van der Waals surface area (Å²) in [5, 5.41) is 12.7. The van der Waals surface area contributed by atoms with E-state index in [0.717, 1.165) is 0 Å². The van der Waals surface area contributed by atoms with E-state index < -0.39 is 18.3 Å². The molecule has 0 radical (unpaired) electrons. The molecule has 26 heavy (non-hydrogen) atoms. The Morgan fingerprint density at radius 1 is 1.23 bits per heavy atom. The van der Waals surface area contributed by atoms with Gasteiger partial charge in [0.25, 0.3) is 0 Å². The van der Waals surface area contributed by atoms with Crippen molar-refractivity contribution in [2.75, 3.05) is 32.6 Å². The zero-order valence-electron chi connectivity index (χ0n) is 15.0. The maximum Gasteiger partial charge on any atom is 0.303 e. The van der Waals surface area contributed by atoms with Gasteiger partial charge in [-0.3, -0.25) is 9.59 Å². The second-order valence-corrected chi connectivity index (χ2v) is 6.49. The summed E-state index contributed by atoms with van der Waals surface area (Å²) in [7, 11) is 2.96. The van der Waals surface area contributed by atoms with Gasteiger partial charge in [0.05, 0.1) is 16.6 Å². The molecule has 0 aliphatic heterocycles. The first-order chi connectivity index (χ1) is 12.3. The molecule has 1 rings (SSSR count). The molecular formula is C17H24Cl2N2O5. The van der Waals surface area contributed by atoms with E-state index in [2.05, 4.69) is 5.32 Å². The van der Waals surface area contributed by atoms with Crippen molar-refractivity contribution in [1.29, 1.82) is 0 Å². The van der Waals surface area contributed by atoms with E-state index in [1.165, 1.54) is 19.1 Å². The third-order valence-corrected chi connectivity index (χ3v) is 4.44. The Kier molecular flexibility index (Phi) is 9.72. The number of carboxylic acids is 1. The second-order valence-electron chi connectivity index (χ2n) is 5.68. The molecule has 0 aliphatic rings. The molecule has 7 nitrogen and oxygen atoms in total. The molecule has 0 spiro atoms. The van der Waals surface area contributed by atoms with Crippen LogP contribution in [-0.4, -0.2) is 61.5 Å². The molecule has 0 saturated carbocycles. The molecular weight excluding hydrogens is 383 g/mol. The number of ether oxygens (including phenoxy) is 2. The predicted octanol–water partition coefficient (Wildman–Crippen LogP) is 3.11. The van der Waals surface area contributed by atoms with E-state index in [0.29, 0.717) is 22.2 Å². The zero-order chi connectivity index (χ0) is 19.7. The molecule has 1 unspecified atom stereocenters. The Morgan fingerprint density at radius 3 is 2.42 bits per heavy atom. The van der Waals surface area contributed by atoms with Crippen LogP contribution in [0, 0.1) is 0 Å². The number of nitrogens with one attached hydrogen (secondary N) is 1. The summed E-state index contributed by atoms with van der Waals surface area (Å²) in [6, 6.07) is 4.43. The van der Waals surface area contributed by atoms with Gasteiger partial charge in [-0.25, -0.2) is 0 Å². The van der Waals surface area contributed by atoms with Crippen LogP contribution in [0.4, 0.5) is 5.69 Å². The number of nitrogens with zero attached hydrogens (tertiary/aromatic N) is 1. The highest BCUT2D eigenvalue weighted by molar-refractivity contribution is 6.42. The van der Waals surface area contributed by atoms with Gasteiger partial charge in [-0.1, -0.05) is 23.2 Å². The molecule has 1 aromatic rings. The summed E-state index contributed by atoms with van der Waals surface area (Å²) >= 11 is 11.9. The lowest BCUT2D eigenvalue weighted by Crippen LogP contribution is -2.46. The lowest BCUT2D eigenvalue weighted by molar-refractivity contribution is -0.146. The van der Waals surface area contributed by atoms with Gasteiger partial charge >= 0.3 is 5.97 Å². The number of rotatable bonds is 11. The van der Waals surface area contributed by atoms with Crippen LogP contribution in [0.2, 0.25) is 10.0 Å². The zero-order valence-corrected chi connectivity index (χ0v) is 16.5. The number of aliphatic carboxylic acids is 1. The largest absolute Gasteiger partial charge is 0.481 e. The van der Waals surface area contributed by atoms with Crippen molar-refractivity contribution in [2.24, 2.45) is 0 Å². The SMILES string of the molecule is COC(CN(CCCC(=O)O)C(=O)C(C)Nc1ccc(Cl)c(Cl)c1)OC. The average Bonchev–Trinajstić information content (AvgIpc) is 2.60. The number of carbonyl (C=O) groups excluding carboxylic acids is 1. The molecule has 2 N–H and O–H groups in total. The molecule has 1 atom stereocenters. The highest BCUT2D eigenvalue weighted by atomic mass is 35.5. The summed E-state index contributed by atoms with van der Waals surface area (Å²) in [5.74, 6) is -1.12. The topological polar surface area (TPSA) is 88.1 Å². The first-order valence-electron chi connectivity index (χ1n) is 8.06. The van der Waals surface area contributed by atoms with Crippen molar-refractivity contribution < 1.29 is 24.2 Å². The van der Waals surface area contributed by atoms with Gasteiger partial charge in [0.15, 0.2) is 6.29 Å². The fourth-order valence-corrected chi connectivity index (χ4v) is 2.61. The normalized spacial score (nSPS) is 12.1. The first-order valence-corrected chi connectivity index (χ1v) is 8.81. The van der Waals surface area contributed by atoms with Crippen LogP contribution in [0.25, 0.3) is 0 Å². The highest BCUT2D eigenvalue weighted by Gasteiger charge is 2.23. The Balaban J connectivity index is 2.79. The third kappa shape index (κ3) is 7.37. The van der Waals surface area contributed by atoms with Crippen molar-refractivity contribution in [3.8, 4) is 0 Å². The number of amides is 1. The summed E-state index contributed by atoms with van der Waals surface area (Å²) in [6.45, 7) is 2.18. The maximum atomic E-state index is 12.8. The number of benzene rings is 1. The first kappa shape index (κ1) is 22.5. The van der Waals surface area contributed by atoms with Crippen LogP contribution in [0.1, 0.15) is 19.8 Å². The van der Waals surface area contributed by atoms with Gasteiger partial charge in [-0.05, 0) is 31.5 Å². The van der Waals surface area contributed by atoms with Crippen LogP contribution < -0.4 is 5.32 Å². The van der Waals surface area contributed by atoms with Crippen LogP contribution in [0.3, 0.4) is 0 Å². The fourth-order valence-electron chi connectivity index (χ4n) is 2.31. The molecule has 0 saturated heterocycles. The Morgan fingerprint density at radius 2 is 1.88 bits per heavy atom. The van der Waals surface area contributed by atoms with Gasteiger partial charge in [-0.2, -0.15) is 0 Å². The van der Waals surface area contributed by atoms with E-state index in [4.69, 9.17) is 37.8 Å². The monoisotopic (exact) mass is 406 g/mol. The Hall–Kier alpha value is -1.54. The number of halogens is 2. The molecule has 0 fully saturated rings. The molecule has 1 amide bonds. The number of hydrogen-bond donors (Lipinski definition) is 2. The van der Waals surface area contributed by atoms with Gasteiger partial charge in [-0.15, -0.1) is 0 Å². The average molecular weight is 407 g/mol. The minimum Gasteiger partial charge on any atom is -0.481 e. The lowest BCUT2D eigenvalue weighted by atomic mass is 10.2. The molecule has 0 aromatic heterocycles. The van der Waals surface area contributed by atoms with Crippen LogP contribution >= 0.6 is 23.2 Å². The molecule has 0 heterocycles. The van der Waals surface area contributed by atoms with E-state index in [1.807, 2.05) is 0 Å². The van der Waals surface area contributed by atoms with Crippen LogP contribution in [0.5, 0.6) is 0 Å². The van der Waals surface area contributed by atoms with Crippen molar-refractivity contribution >= 4 is 40.8 Å². The van der Waals surface area contributed by atoms with Crippen molar-refractivity contribution in [3.05, 3.63) is 28.2 Å². The number of carbonyl (C=O) groups is 2. The second kappa shape index (κ2) is 11.2. The minimum atomic E-state index is -0.908. The number of carboxylic acid groups (broad SMARTS) is 1. The van der Waals surface area contributed by atoms with E-state index >= 15 is 0 Å². The van der Waals surface area contributed by atoms with Gasteiger partial charge in [0, 0.05) is 32.9 Å². The number of anilines is 1. The van der Waals surface area contributed by atoms with E-state index in [1.54, 1.807) is 25.1 Å². The van der Waals surface area contributed by atoms with Crippen LogP contribution in [0.15, 0.2) is 18.2 Å². The lowest BCUT2D eigenvalue weighted by Gasteiger charge is -2.29. The molecule has 1 aromatic carbocycles. The van der Waals surface area contributed by atoms with Gasteiger partial charge < -0.3 is 24.8 Å². The summed E-state index contributed by atoms with van der Waals surface area (Å²) in [4.78, 5) is 25.0. The fraction of sp³-hybridized carbons (Fsp3) is 0.529. The molecule has 0 aliphatic carbocycles. The van der Waals surface area contributed by atoms with E-state index in [-0.39, 0.29) is 25.4 Å². The van der Waals surface area contributed by atoms with Gasteiger partial charge in [0.1, 0.15) is 6.04 Å². The molecule has 0 bridgehead atoms. The maximum absolute atomic E-state index is 12.8. The van der Waals surface area contributed by atoms with Crippen molar-refractivity contribution in [2.45, 2.75) is 32.1 Å². The predicted molar refractivity (Wildman–Crippen MR) is 101 cm³/mol. The summed E-state index contributed by atoms with van der Waals surface area (Å²) in [6.07, 6.45) is -0.287. The third-order valence-electron chi connectivity index (χ3n) is 3.70. The smallest absolute Gasteiger partial charge is 0.303 e. The highest BCUT2D eigenvalue weighted by Crippen LogP contribution is 2.25. The molecule has 9 heteroatoms. The Bertz CT molecular complexity index is 611. The summed E-state index contributed by atoms with van der Waals surface area (Å²) < 4.78 is 10.3. The van der Waals surface area contributed by atoms with Crippen LogP contribution in [-0.2, 0) is 19.1 Å². The Labute approximate surface area is 163 Å².